The van der Waals surface area contributed by atoms with Gasteiger partial charge in [0.2, 0.25) is 17.7 Å². The van der Waals surface area contributed by atoms with E-state index >= 15 is 0 Å². The maximum absolute atomic E-state index is 14.1. The highest BCUT2D eigenvalue weighted by Gasteiger charge is 2.37. The molecule has 226 valence electrons. The Hall–Kier alpha value is -3.10. The van der Waals surface area contributed by atoms with Crippen molar-refractivity contribution in [3.05, 3.63) is 35.4 Å². The minimum absolute atomic E-state index is 0.289. The summed E-state index contributed by atoms with van der Waals surface area (Å²) in [4.78, 5) is 54.0. The Morgan fingerprint density at radius 3 is 2.12 bits per heavy atom. The summed E-state index contributed by atoms with van der Waals surface area (Å²) in [7, 11) is 0. The summed E-state index contributed by atoms with van der Waals surface area (Å²) >= 11 is 0. The molecule has 9 nitrogen and oxygen atoms in total. The monoisotopic (exact) mass is 560 g/mol. The molecule has 4 N–H and O–H groups in total. The summed E-state index contributed by atoms with van der Waals surface area (Å²) in [6, 6.07) is 5.27. The fourth-order valence-electron chi connectivity index (χ4n) is 4.51. The third kappa shape index (κ3) is 13.3. The maximum atomic E-state index is 14.1. The molecule has 0 fully saturated rings. The summed E-state index contributed by atoms with van der Waals surface area (Å²) in [5.41, 5.74) is 6.25. The first-order valence-electron chi connectivity index (χ1n) is 14.8. The molecule has 1 aromatic carbocycles. The smallest absolute Gasteiger partial charge is 0.408 e. The van der Waals surface area contributed by atoms with Crippen LogP contribution in [0.5, 0.6) is 0 Å². The number of rotatable bonds is 18. The fraction of sp³-hybridized carbons (Fsp3) is 0.677. The van der Waals surface area contributed by atoms with Crippen molar-refractivity contribution in [3.63, 3.8) is 0 Å². The van der Waals surface area contributed by atoms with Crippen molar-refractivity contribution >= 4 is 23.8 Å². The highest BCUT2D eigenvalue weighted by Crippen LogP contribution is 2.27. The lowest BCUT2D eigenvalue weighted by Gasteiger charge is -2.35. The molecule has 0 heterocycles. The average Bonchev–Trinajstić information content (AvgIpc) is 2.86. The van der Waals surface area contributed by atoms with E-state index in [0.29, 0.717) is 18.5 Å². The van der Waals surface area contributed by atoms with Crippen molar-refractivity contribution in [1.29, 1.82) is 0 Å². The van der Waals surface area contributed by atoms with E-state index in [-0.39, 0.29) is 12.5 Å². The normalized spacial score (nSPS) is 12.8. The molecule has 1 rings (SSSR count). The van der Waals surface area contributed by atoms with Gasteiger partial charge in [0, 0.05) is 13.1 Å². The molecule has 0 spiro atoms. The van der Waals surface area contributed by atoms with Crippen LogP contribution in [0.1, 0.15) is 116 Å². The Morgan fingerprint density at radius 2 is 1.52 bits per heavy atom. The minimum atomic E-state index is -1.27. The second-order valence-electron chi connectivity index (χ2n) is 11.4. The van der Waals surface area contributed by atoms with Crippen LogP contribution in [0.3, 0.4) is 0 Å². The molecule has 0 aliphatic rings. The quantitative estimate of drug-likeness (QED) is 0.210. The fourth-order valence-corrected chi connectivity index (χ4v) is 4.51. The first-order chi connectivity index (χ1) is 18.9. The van der Waals surface area contributed by atoms with Crippen molar-refractivity contribution < 1.29 is 23.9 Å². The molecule has 2 unspecified atom stereocenters. The molecule has 0 aliphatic heterocycles. The summed E-state index contributed by atoms with van der Waals surface area (Å²) in [6.45, 7) is 12.1. The largest absolute Gasteiger partial charge is 0.444 e. The van der Waals surface area contributed by atoms with E-state index in [1.165, 1.54) is 4.90 Å². The Morgan fingerprint density at radius 1 is 0.925 bits per heavy atom. The molecule has 4 amide bonds. The van der Waals surface area contributed by atoms with E-state index < -0.39 is 42.0 Å². The van der Waals surface area contributed by atoms with Crippen LogP contribution in [0, 0.1) is 6.92 Å². The third-order valence-electron chi connectivity index (χ3n) is 6.55. The molecule has 0 saturated heterocycles. The van der Waals surface area contributed by atoms with Crippen molar-refractivity contribution in [2.75, 3.05) is 13.1 Å². The number of hydrogen-bond donors (Lipinski definition) is 3. The van der Waals surface area contributed by atoms with Gasteiger partial charge in [-0.1, -0.05) is 83.1 Å². The number of ether oxygens (including phenoxy) is 1. The average molecular weight is 561 g/mol. The number of benzene rings is 1. The van der Waals surface area contributed by atoms with Crippen LogP contribution in [0.4, 0.5) is 4.79 Å². The number of primary amides is 1. The van der Waals surface area contributed by atoms with Crippen LogP contribution < -0.4 is 16.4 Å². The lowest BCUT2D eigenvalue weighted by molar-refractivity contribution is -0.143. The van der Waals surface area contributed by atoms with Crippen LogP contribution in [-0.4, -0.2) is 53.4 Å². The number of carbonyl (C=O) groups is 4. The zero-order valence-electron chi connectivity index (χ0n) is 25.5. The van der Waals surface area contributed by atoms with E-state index in [0.717, 1.165) is 56.9 Å². The molecule has 0 bridgehead atoms. The SMILES string of the molecule is CCCCCCCCN(C(=O)C(CC(N)=O)NC(=O)OC(C)(C)C)C(C(=O)NCCCCC)c1ccccc1C. The van der Waals surface area contributed by atoms with Crippen LogP contribution in [0.2, 0.25) is 0 Å². The minimum Gasteiger partial charge on any atom is -0.444 e. The van der Waals surface area contributed by atoms with Gasteiger partial charge in [0.15, 0.2) is 0 Å². The van der Waals surface area contributed by atoms with Gasteiger partial charge in [0.05, 0.1) is 6.42 Å². The standard InChI is InChI=1S/C31H52N4O5/c1-7-9-11-12-13-17-21-35(29(38)25(22-26(32)36)34-30(39)40-31(4,5)6)27(24-19-15-14-18-23(24)3)28(37)33-20-16-10-8-2/h14-15,18-19,25,27H,7-13,16-17,20-22H2,1-6H3,(H2,32,36)(H,33,37)(H,34,39). The van der Waals surface area contributed by atoms with Crippen LogP contribution >= 0.6 is 0 Å². The lowest BCUT2D eigenvalue weighted by atomic mass is 9.97. The van der Waals surface area contributed by atoms with Gasteiger partial charge in [-0.2, -0.15) is 0 Å². The summed E-state index contributed by atoms with van der Waals surface area (Å²) in [5.74, 6) is -1.58. The number of unbranched alkanes of at least 4 members (excludes halogenated alkanes) is 7. The second-order valence-corrected chi connectivity index (χ2v) is 11.4. The molecule has 0 aromatic heterocycles. The molecule has 0 radical (unpaired) electrons. The van der Waals surface area contributed by atoms with Gasteiger partial charge in [-0.3, -0.25) is 14.4 Å². The van der Waals surface area contributed by atoms with Gasteiger partial charge < -0.3 is 26.0 Å². The molecule has 9 heteroatoms. The molecule has 1 aromatic rings. The van der Waals surface area contributed by atoms with Gasteiger partial charge in [-0.05, 0) is 51.7 Å². The Labute approximate surface area is 241 Å². The topological polar surface area (TPSA) is 131 Å². The maximum Gasteiger partial charge on any atom is 0.408 e. The van der Waals surface area contributed by atoms with Gasteiger partial charge in [-0.25, -0.2) is 4.79 Å². The predicted octanol–water partition coefficient (Wildman–Crippen LogP) is 5.30. The highest BCUT2D eigenvalue weighted by molar-refractivity contribution is 5.94. The number of nitrogens with one attached hydrogen (secondary N) is 2. The van der Waals surface area contributed by atoms with E-state index in [4.69, 9.17) is 10.5 Å². The summed E-state index contributed by atoms with van der Waals surface area (Å²) in [6.07, 6.45) is 7.56. The number of carbonyl (C=O) groups excluding carboxylic acids is 4. The van der Waals surface area contributed by atoms with Gasteiger partial charge >= 0.3 is 6.09 Å². The van der Waals surface area contributed by atoms with Crippen molar-refractivity contribution in [3.8, 4) is 0 Å². The van der Waals surface area contributed by atoms with Gasteiger partial charge in [-0.15, -0.1) is 0 Å². The number of nitrogens with two attached hydrogens (primary N) is 1. The molecule has 0 saturated carbocycles. The second kappa shape index (κ2) is 18.3. The number of amides is 4. The van der Waals surface area contributed by atoms with Crippen molar-refractivity contribution in [1.82, 2.24) is 15.5 Å². The number of nitrogens with zero attached hydrogens (tertiary/aromatic N) is 1. The van der Waals surface area contributed by atoms with Gasteiger partial charge in [0.1, 0.15) is 17.7 Å². The molecule has 2 atom stereocenters. The van der Waals surface area contributed by atoms with Crippen LogP contribution in [0.25, 0.3) is 0 Å². The molecular formula is C31H52N4O5. The first kappa shape index (κ1) is 34.9. The van der Waals surface area contributed by atoms with E-state index in [1.54, 1.807) is 20.8 Å². The predicted molar refractivity (Wildman–Crippen MR) is 159 cm³/mol. The zero-order valence-corrected chi connectivity index (χ0v) is 25.5. The van der Waals surface area contributed by atoms with Crippen molar-refractivity contribution in [2.24, 2.45) is 5.73 Å². The van der Waals surface area contributed by atoms with E-state index in [9.17, 15) is 19.2 Å². The van der Waals surface area contributed by atoms with E-state index in [2.05, 4.69) is 24.5 Å². The van der Waals surface area contributed by atoms with Gasteiger partial charge in [0.25, 0.3) is 0 Å². The first-order valence-corrected chi connectivity index (χ1v) is 14.8. The number of aryl methyl sites for hydroxylation is 1. The third-order valence-corrected chi connectivity index (χ3v) is 6.55. The Bertz CT molecular complexity index is 944. The molecular weight excluding hydrogens is 508 g/mol. The molecule has 40 heavy (non-hydrogen) atoms. The summed E-state index contributed by atoms with van der Waals surface area (Å²) < 4.78 is 5.35. The van der Waals surface area contributed by atoms with Crippen molar-refractivity contribution in [2.45, 2.75) is 123 Å². The van der Waals surface area contributed by atoms with Crippen LogP contribution in [0.15, 0.2) is 24.3 Å². The summed E-state index contributed by atoms with van der Waals surface area (Å²) in [5, 5.41) is 5.55. The zero-order chi connectivity index (χ0) is 30.1. The Kier molecular flexibility index (Phi) is 16.0. The number of hydrogen-bond acceptors (Lipinski definition) is 5. The number of alkyl carbamates (subject to hydrolysis) is 1. The Balaban J connectivity index is 3.42. The highest BCUT2D eigenvalue weighted by atomic mass is 16.6. The molecule has 0 aliphatic carbocycles. The van der Waals surface area contributed by atoms with Crippen LogP contribution in [-0.2, 0) is 19.1 Å². The lowest BCUT2D eigenvalue weighted by Crippen LogP contribution is -2.54. The van der Waals surface area contributed by atoms with E-state index in [1.807, 2.05) is 31.2 Å².